The van der Waals surface area contributed by atoms with E-state index in [1.165, 1.54) is 12.8 Å². The van der Waals surface area contributed by atoms with Gasteiger partial charge in [-0.3, -0.25) is 4.98 Å². The molecule has 1 fully saturated rings. The number of hydrogen-bond acceptors (Lipinski definition) is 4. The molecule has 2 atom stereocenters. The van der Waals surface area contributed by atoms with Gasteiger partial charge in [0.1, 0.15) is 0 Å². The first-order chi connectivity index (χ1) is 8.70. The third-order valence-corrected chi connectivity index (χ3v) is 3.43. The minimum atomic E-state index is -0.00714. The third-order valence-electron chi connectivity index (χ3n) is 3.43. The van der Waals surface area contributed by atoms with Crippen LogP contribution in [-0.2, 0) is 4.74 Å². The van der Waals surface area contributed by atoms with Crippen molar-refractivity contribution in [3.05, 3.63) is 24.0 Å². The van der Waals surface area contributed by atoms with E-state index in [1.54, 1.807) is 0 Å². The third kappa shape index (κ3) is 3.21. The summed E-state index contributed by atoms with van der Waals surface area (Å²) in [4.78, 5) is 6.73. The van der Waals surface area contributed by atoms with Crippen molar-refractivity contribution in [1.82, 2.24) is 4.98 Å². The van der Waals surface area contributed by atoms with Crippen molar-refractivity contribution in [3.8, 4) is 0 Å². The molecule has 1 aliphatic heterocycles. The van der Waals surface area contributed by atoms with E-state index in [2.05, 4.69) is 22.9 Å². The van der Waals surface area contributed by atoms with Crippen molar-refractivity contribution in [2.24, 2.45) is 5.73 Å². The Kier molecular flexibility index (Phi) is 4.55. The SMILES string of the molecule is CCN(CC1CCCO1)c1ccc([C@H](C)N)nc1. The lowest BCUT2D eigenvalue weighted by Gasteiger charge is -2.26. The van der Waals surface area contributed by atoms with Crippen molar-refractivity contribution < 1.29 is 4.74 Å². The quantitative estimate of drug-likeness (QED) is 0.868. The molecule has 0 aliphatic carbocycles. The summed E-state index contributed by atoms with van der Waals surface area (Å²) in [5, 5.41) is 0. The molecule has 2 heterocycles. The van der Waals surface area contributed by atoms with Crippen LogP contribution >= 0.6 is 0 Å². The number of nitrogens with zero attached hydrogens (tertiary/aromatic N) is 2. The van der Waals surface area contributed by atoms with Gasteiger partial charge in [0.25, 0.3) is 0 Å². The topological polar surface area (TPSA) is 51.4 Å². The summed E-state index contributed by atoms with van der Waals surface area (Å²) in [6, 6.07) is 4.11. The molecular formula is C14H23N3O. The zero-order valence-electron chi connectivity index (χ0n) is 11.3. The van der Waals surface area contributed by atoms with Gasteiger partial charge in [-0.15, -0.1) is 0 Å². The van der Waals surface area contributed by atoms with Crippen LogP contribution in [0.4, 0.5) is 5.69 Å². The predicted octanol–water partition coefficient (Wildman–Crippen LogP) is 2.11. The Bertz CT molecular complexity index is 358. The van der Waals surface area contributed by atoms with Gasteiger partial charge in [-0.1, -0.05) is 0 Å². The second-order valence-electron chi connectivity index (χ2n) is 4.90. The van der Waals surface area contributed by atoms with Crippen LogP contribution in [0.15, 0.2) is 18.3 Å². The highest BCUT2D eigenvalue weighted by Gasteiger charge is 2.18. The molecule has 1 unspecified atom stereocenters. The maximum Gasteiger partial charge on any atom is 0.0750 e. The Balaban J connectivity index is 2.02. The lowest BCUT2D eigenvalue weighted by Crippen LogP contribution is -2.32. The molecular weight excluding hydrogens is 226 g/mol. The molecule has 100 valence electrons. The Morgan fingerprint density at radius 3 is 2.89 bits per heavy atom. The molecule has 0 aromatic carbocycles. The molecule has 0 radical (unpaired) electrons. The van der Waals surface area contributed by atoms with Crippen LogP contribution in [0.25, 0.3) is 0 Å². The Morgan fingerprint density at radius 1 is 1.56 bits per heavy atom. The van der Waals surface area contributed by atoms with E-state index < -0.39 is 0 Å². The molecule has 4 nitrogen and oxygen atoms in total. The normalized spacial score (nSPS) is 20.9. The largest absolute Gasteiger partial charge is 0.376 e. The summed E-state index contributed by atoms with van der Waals surface area (Å²) >= 11 is 0. The van der Waals surface area contributed by atoms with Gasteiger partial charge in [0.05, 0.1) is 23.7 Å². The number of likely N-dealkylation sites (N-methyl/N-ethyl adjacent to an activating group) is 1. The van der Waals surface area contributed by atoms with Crippen LogP contribution in [0.1, 0.15) is 38.4 Å². The zero-order valence-corrected chi connectivity index (χ0v) is 11.3. The first-order valence-electron chi connectivity index (χ1n) is 6.78. The number of aromatic nitrogens is 1. The van der Waals surface area contributed by atoms with E-state index in [1.807, 2.05) is 19.2 Å². The predicted molar refractivity (Wildman–Crippen MR) is 73.7 cm³/mol. The summed E-state index contributed by atoms with van der Waals surface area (Å²) in [5.41, 5.74) is 7.90. The fourth-order valence-corrected chi connectivity index (χ4v) is 2.31. The van der Waals surface area contributed by atoms with Crippen LogP contribution in [-0.4, -0.2) is 30.8 Å². The van der Waals surface area contributed by atoms with Crippen molar-refractivity contribution in [1.29, 1.82) is 0 Å². The number of ether oxygens (including phenoxy) is 1. The molecule has 1 aromatic heterocycles. The van der Waals surface area contributed by atoms with Crippen LogP contribution in [0.5, 0.6) is 0 Å². The van der Waals surface area contributed by atoms with E-state index >= 15 is 0 Å². The number of rotatable bonds is 5. The average Bonchev–Trinajstić information content (AvgIpc) is 2.89. The summed E-state index contributed by atoms with van der Waals surface area (Å²) in [7, 11) is 0. The van der Waals surface area contributed by atoms with E-state index in [9.17, 15) is 0 Å². The van der Waals surface area contributed by atoms with Crippen molar-refractivity contribution in [2.75, 3.05) is 24.6 Å². The summed E-state index contributed by atoms with van der Waals surface area (Å²) in [6.07, 6.45) is 4.64. The van der Waals surface area contributed by atoms with Gasteiger partial charge >= 0.3 is 0 Å². The lowest BCUT2D eigenvalue weighted by atomic mass is 10.2. The first-order valence-corrected chi connectivity index (χ1v) is 6.78. The molecule has 1 saturated heterocycles. The molecule has 1 aliphatic rings. The fourth-order valence-electron chi connectivity index (χ4n) is 2.31. The lowest BCUT2D eigenvalue weighted by molar-refractivity contribution is 0.115. The van der Waals surface area contributed by atoms with Gasteiger partial charge in [0, 0.05) is 25.7 Å². The monoisotopic (exact) mass is 249 g/mol. The molecule has 0 spiro atoms. The molecule has 0 amide bonds. The Labute approximate surface area is 109 Å². The molecule has 0 bridgehead atoms. The minimum Gasteiger partial charge on any atom is -0.376 e. The number of hydrogen-bond donors (Lipinski definition) is 1. The average molecular weight is 249 g/mol. The molecule has 2 N–H and O–H groups in total. The highest BCUT2D eigenvalue weighted by atomic mass is 16.5. The Morgan fingerprint density at radius 2 is 2.39 bits per heavy atom. The van der Waals surface area contributed by atoms with E-state index in [4.69, 9.17) is 10.5 Å². The van der Waals surface area contributed by atoms with Gasteiger partial charge < -0.3 is 15.4 Å². The summed E-state index contributed by atoms with van der Waals surface area (Å²) < 4.78 is 5.69. The van der Waals surface area contributed by atoms with Gasteiger partial charge in [-0.05, 0) is 38.8 Å². The Hall–Kier alpha value is -1.13. The molecule has 0 saturated carbocycles. The van der Waals surface area contributed by atoms with Crippen LogP contribution < -0.4 is 10.6 Å². The summed E-state index contributed by atoms with van der Waals surface area (Å²) in [5.74, 6) is 0. The standard InChI is InChI=1S/C14H23N3O/c1-3-17(10-13-5-4-8-18-13)12-6-7-14(11(2)15)16-9-12/h6-7,9,11,13H,3-5,8,10,15H2,1-2H3/t11-,13?/m0/s1. The van der Waals surface area contributed by atoms with Crippen LogP contribution in [0, 0.1) is 0 Å². The van der Waals surface area contributed by atoms with E-state index in [0.29, 0.717) is 6.10 Å². The van der Waals surface area contributed by atoms with E-state index in [-0.39, 0.29) is 6.04 Å². The maximum atomic E-state index is 5.81. The highest BCUT2D eigenvalue weighted by Crippen LogP contribution is 2.19. The number of nitrogens with two attached hydrogens (primary N) is 1. The van der Waals surface area contributed by atoms with Crippen molar-refractivity contribution in [2.45, 2.75) is 38.8 Å². The van der Waals surface area contributed by atoms with Gasteiger partial charge in [-0.2, -0.15) is 0 Å². The van der Waals surface area contributed by atoms with Gasteiger partial charge in [-0.25, -0.2) is 0 Å². The van der Waals surface area contributed by atoms with Crippen LogP contribution in [0.3, 0.4) is 0 Å². The highest BCUT2D eigenvalue weighted by molar-refractivity contribution is 5.44. The molecule has 1 aromatic rings. The minimum absolute atomic E-state index is 0.00714. The van der Waals surface area contributed by atoms with E-state index in [0.717, 1.165) is 31.1 Å². The molecule has 2 rings (SSSR count). The molecule has 18 heavy (non-hydrogen) atoms. The van der Waals surface area contributed by atoms with Gasteiger partial charge in [0.15, 0.2) is 0 Å². The maximum absolute atomic E-state index is 5.81. The smallest absolute Gasteiger partial charge is 0.0750 e. The zero-order chi connectivity index (χ0) is 13.0. The van der Waals surface area contributed by atoms with Crippen molar-refractivity contribution >= 4 is 5.69 Å². The van der Waals surface area contributed by atoms with Gasteiger partial charge in [0.2, 0.25) is 0 Å². The first kappa shape index (κ1) is 13.3. The second-order valence-corrected chi connectivity index (χ2v) is 4.90. The van der Waals surface area contributed by atoms with Crippen LogP contribution in [0.2, 0.25) is 0 Å². The second kappa shape index (κ2) is 6.16. The van der Waals surface area contributed by atoms with Crippen molar-refractivity contribution in [3.63, 3.8) is 0 Å². The fraction of sp³-hybridized carbons (Fsp3) is 0.643. The number of pyridine rings is 1. The molecule has 4 heteroatoms. The number of anilines is 1. The summed E-state index contributed by atoms with van der Waals surface area (Å²) in [6.45, 7) is 6.94.